The van der Waals surface area contributed by atoms with Crippen molar-refractivity contribution in [3.63, 3.8) is 0 Å². The highest BCUT2D eigenvalue weighted by Crippen LogP contribution is 2.64. The van der Waals surface area contributed by atoms with Gasteiger partial charge >= 0.3 is 6.18 Å². The predicted molar refractivity (Wildman–Crippen MR) is 38.4 cm³/mol. The molecule has 11 heavy (non-hydrogen) atoms. The number of hydrogen-bond donors (Lipinski definition) is 0. The number of fused-ring (bicyclic) bond motifs is 1. The van der Waals surface area contributed by atoms with Crippen molar-refractivity contribution >= 4 is 11.8 Å². The Morgan fingerprint density at radius 3 is 2.45 bits per heavy atom. The molecule has 2 aliphatic rings. The van der Waals surface area contributed by atoms with Crippen LogP contribution < -0.4 is 0 Å². The number of allylic oxidation sites excluding steroid dienone is 2. The van der Waals surface area contributed by atoms with E-state index in [1.54, 1.807) is 12.2 Å². The second kappa shape index (κ2) is 1.86. The van der Waals surface area contributed by atoms with Gasteiger partial charge in [-0.05, 0) is 0 Å². The van der Waals surface area contributed by atoms with Crippen LogP contribution in [-0.4, -0.2) is 16.2 Å². The smallest absolute Gasteiger partial charge is 0.169 e. The molecule has 0 nitrogen and oxygen atoms in total. The van der Waals surface area contributed by atoms with Crippen molar-refractivity contribution in [1.29, 1.82) is 0 Å². The van der Waals surface area contributed by atoms with Gasteiger partial charge in [-0.1, -0.05) is 24.3 Å². The van der Waals surface area contributed by atoms with Crippen LogP contribution in [0, 0.1) is 0 Å². The molecule has 0 bridgehead atoms. The second-order valence-corrected chi connectivity index (χ2v) is 3.99. The quantitative estimate of drug-likeness (QED) is 0.513. The van der Waals surface area contributed by atoms with E-state index in [-0.39, 0.29) is 5.25 Å². The van der Waals surface area contributed by atoms with Gasteiger partial charge in [-0.15, -0.1) is 11.8 Å². The molecule has 0 aromatic rings. The average molecular weight is 178 g/mol. The van der Waals surface area contributed by atoms with E-state index < -0.39 is 10.9 Å². The molecular formula is C7H5F3S. The van der Waals surface area contributed by atoms with Gasteiger partial charge in [0, 0.05) is 0 Å². The first-order chi connectivity index (χ1) is 5.06. The number of thioether (sulfide) groups is 1. The van der Waals surface area contributed by atoms with E-state index in [2.05, 4.69) is 0 Å². The van der Waals surface area contributed by atoms with Crippen LogP contribution in [0.25, 0.3) is 0 Å². The van der Waals surface area contributed by atoms with E-state index in [4.69, 9.17) is 0 Å². The van der Waals surface area contributed by atoms with E-state index >= 15 is 0 Å². The zero-order chi connectivity index (χ0) is 8.11. The Morgan fingerprint density at radius 2 is 2.00 bits per heavy atom. The molecule has 4 heteroatoms. The minimum Gasteiger partial charge on any atom is -0.169 e. The average Bonchev–Trinajstić information content (AvgIpc) is 2.59. The van der Waals surface area contributed by atoms with Crippen molar-refractivity contribution in [1.82, 2.24) is 0 Å². The van der Waals surface area contributed by atoms with Gasteiger partial charge in [0.15, 0.2) is 0 Å². The Bertz CT molecular complexity index is 241. The number of halogens is 3. The summed E-state index contributed by atoms with van der Waals surface area (Å²) < 4.78 is 35.2. The monoisotopic (exact) mass is 178 g/mol. The summed E-state index contributed by atoms with van der Waals surface area (Å²) in [6, 6.07) is 0. The summed E-state index contributed by atoms with van der Waals surface area (Å²) in [6.45, 7) is 0. The molecule has 0 N–H and O–H groups in total. The van der Waals surface area contributed by atoms with Gasteiger partial charge in [0.2, 0.25) is 0 Å². The number of rotatable bonds is 0. The summed E-state index contributed by atoms with van der Waals surface area (Å²) >= 11 is 0.955. The maximum absolute atomic E-state index is 12.3. The molecule has 2 unspecified atom stereocenters. The lowest BCUT2D eigenvalue weighted by Gasteiger charge is -2.15. The maximum atomic E-state index is 12.3. The molecule has 0 saturated carbocycles. The van der Waals surface area contributed by atoms with Crippen LogP contribution in [-0.2, 0) is 0 Å². The molecule has 1 heterocycles. The van der Waals surface area contributed by atoms with E-state index in [0.717, 1.165) is 11.8 Å². The van der Waals surface area contributed by atoms with Gasteiger partial charge in [-0.2, -0.15) is 13.2 Å². The summed E-state index contributed by atoms with van der Waals surface area (Å²) in [4.78, 5) is 0. The standard InChI is InChI=1S/C7H5F3S/c8-7(9,10)6-4-2-1-3-5(6)11-6/h1-5H. The van der Waals surface area contributed by atoms with Gasteiger partial charge in [0.05, 0.1) is 5.25 Å². The van der Waals surface area contributed by atoms with Crippen LogP contribution in [0.15, 0.2) is 24.3 Å². The number of alkyl halides is 3. The molecule has 60 valence electrons. The van der Waals surface area contributed by atoms with Gasteiger partial charge in [-0.3, -0.25) is 0 Å². The normalized spacial score (nSPS) is 40.5. The topological polar surface area (TPSA) is 0 Å². The van der Waals surface area contributed by atoms with Gasteiger partial charge < -0.3 is 0 Å². The van der Waals surface area contributed by atoms with Crippen molar-refractivity contribution < 1.29 is 13.2 Å². The molecule has 1 fully saturated rings. The fourth-order valence-corrected chi connectivity index (χ4v) is 2.28. The minimum absolute atomic E-state index is 0.368. The van der Waals surface area contributed by atoms with E-state index in [0.29, 0.717) is 0 Å². The highest BCUT2D eigenvalue weighted by molar-refractivity contribution is 8.09. The largest absolute Gasteiger partial charge is 0.408 e. The first kappa shape index (κ1) is 7.28. The van der Waals surface area contributed by atoms with Crippen molar-refractivity contribution in [2.75, 3.05) is 0 Å². The lowest BCUT2D eigenvalue weighted by Crippen LogP contribution is -2.32. The van der Waals surface area contributed by atoms with Crippen molar-refractivity contribution in [3.8, 4) is 0 Å². The molecule has 2 atom stereocenters. The molecule has 0 radical (unpaired) electrons. The fraction of sp³-hybridized carbons (Fsp3) is 0.429. The molecule has 0 aromatic heterocycles. The lowest BCUT2D eigenvalue weighted by atomic mass is 10.0. The predicted octanol–water partition coefficient (Wildman–Crippen LogP) is 2.53. The summed E-state index contributed by atoms with van der Waals surface area (Å²) in [5.41, 5.74) is 0. The third-order valence-electron chi connectivity index (χ3n) is 1.87. The van der Waals surface area contributed by atoms with Crippen molar-refractivity contribution in [2.45, 2.75) is 16.2 Å². The highest BCUT2D eigenvalue weighted by atomic mass is 32.2. The first-order valence-electron chi connectivity index (χ1n) is 3.17. The molecular weight excluding hydrogens is 173 g/mol. The van der Waals surface area contributed by atoms with Crippen LogP contribution >= 0.6 is 11.8 Å². The molecule has 2 rings (SSSR count). The summed E-state index contributed by atoms with van der Waals surface area (Å²) in [5.74, 6) is 0. The molecule has 1 saturated heterocycles. The summed E-state index contributed by atoms with van der Waals surface area (Å²) in [5, 5.41) is -0.368. The van der Waals surface area contributed by atoms with Crippen LogP contribution in [0.3, 0.4) is 0 Å². The Balaban J connectivity index is 2.29. The van der Waals surface area contributed by atoms with Crippen molar-refractivity contribution in [3.05, 3.63) is 24.3 Å². The van der Waals surface area contributed by atoms with E-state index in [1.165, 1.54) is 12.2 Å². The molecule has 0 spiro atoms. The Hall–Kier alpha value is -0.380. The van der Waals surface area contributed by atoms with Crippen LogP contribution in [0.4, 0.5) is 13.2 Å². The van der Waals surface area contributed by atoms with Crippen LogP contribution in [0.5, 0.6) is 0 Å². The number of hydrogen-bond acceptors (Lipinski definition) is 1. The highest BCUT2D eigenvalue weighted by Gasteiger charge is 2.70. The SMILES string of the molecule is FC(F)(F)C12C=CC=CC1S2. The third kappa shape index (κ3) is 0.851. The lowest BCUT2D eigenvalue weighted by molar-refractivity contribution is -0.138. The maximum Gasteiger partial charge on any atom is 0.408 e. The zero-order valence-corrected chi connectivity index (χ0v) is 6.25. The Morgan fingerprint density at radius 1 is 1.27 bits per heavy atom. The van der Waals surface area contributed by atoms with Gasteiger partial charge in [0.1, 0.15) is 4.75 Å². The van der Waals surface area contributed by atoms with Crippen LogP contribution in [0.1, 0.15) is 0 Å². The van der Waals surface area contributed by atoms with Crippen molar-refractivity contribution in [2.24, 2.45) is 0 Å². The van der Waals surface area contributed by atoms with Gasteiger partial charge in [-0.25, -0.2) is 0 Å². The van der Waals surface area contributed by atoms with E-state index in [1.807, 2.05) is 0 Å². The van der Waals surface area contributed by atoms with E-state index in [9.17, 15) is 13.2 Å². The molecule has 1 aliphatic heterocycles. The Labute approximate surface area is 66.2 Å². The van der Waals surface area contributed by atoms with Gasteiger partial charge in [0.25, 0.3) is 0 Å². The fourth-order valence-electron chi connectivity index (χ4n) is 1.18. The first-order valence-corrected chi connectivity index (χ1v) is 4.05. The zero-order valence-electron chi connectivity index (χ0n) is 5.43. The van der Waals surface area contributed by atoms with Crippen LogP contribution in [0.2, 0.25) is 0 Å². The molecule has 0 aromatic carbocycles. The summed E-state index contributed by atoms with van der Waals surface area (Å²) in [6.07, 6.45) is 1.86. The summed E-state index contributed by atoms with van der Waals surface area (Å²) in [7, 11) is 0. The molecule has 1 aliphatic carbocycles. The third-order valence-corrected chi connectivity index (χ3v) is 3.41. The minimum atomic E-state index is -4.09. The molecule has 0 amide bonds. The second-order valence-electron chi connectivity index (χ2n) is 2.57. The Kier molecular flexibility index (Phi) is 1.23.